The van der Waals surface area contributed by atoms with Crippen molar-refractivity contribution in [3.8, 4) is 11.8 Å². The molecule has 3 heteroatoms. The van der Waals surface area contributed by atoms with Gasteiger partial charge in [-0.3, -0.25) is 0 Å². The Morgan fingerprint density at radius 1 is 0.938 bits per heavy atom. The van der Waals surface area contributed by atoms with Gasteiger partial charge in [-0.05, 0) is 38.5 Å². The van der Waals surface area contributed by atoms with E-state index in [0.717, 1.165) is 17.7 Å². The van der Waals surface area contributed by atoms with Gasteiger partial charge in [-0.1, -0.05) is 18.1 Å². The van der Waals surface area contributed by atoms with E-state index in [1.165, 1.54) is 12.1 Å². The Bertz CT molecular complexity index is 413. The summed E-state index contributed by atoms with van der Waals surface area (Å²) in [4.78, 5) is 0. The second-order valence-electron chi connectivity index (χ2n) is 4.08. The third-order valence-corrected chi connectivity index (χ3v) is 2.37. The normalized spacial score (nSPS) is 11.9. The van der Waals surface area contributed by atoms with Crippen LogP contribution >= 0.6 is 0 Å². The van der Waals surface area contributed by atoms with Crippen LogP contribution < -0.4 is 0 Å². The Morgan fingerprint density at radius 3 is 1.75 bits per heavy atom. The molecule has 0 unspecified atom stereocenters. The maximum Gasteiger partial charge on any atom is 0.416 e. The monoisotopic (exact) mass is 226 g/mol. The van der Waals surface area contributed by atoms with E-state index in [1.807, 2.05) is 13.8 Å². The van der Waals surface area contributed by atoms with Crippen LogP contribution in [0.2, 0.25) is 0 Å². The van der Waals surface area contributed by atoms with Crippen molar-refractivity contribution >= 4 is 0 Å². The van der Waals surface area contributed by atoms with Gasteiger partial charge in [-0.2, -0.15) is 13.2 Å². The minimum absolute atomic E-state index is 0.418. The van der Waals surface area contributed by atoms with E-state index in [9.17, 15) is 13.2 Å². The molecule has 1 aromatic carbocycles. The molecule has 86 valence electrons. The molecule has 0 aliphatic carbocycles. The van der Waals surface area contributed by atoms with Crippen molar-refractivity contribution < 1.29 is 13.2 Å². The molecular weight excluding hydrogens is 213 g/mol. The van der Waals surface area contributed by atoms with Crippen molar-refractivity contribution in [1.82, 2.24) is 0 Å². The third-order valence-electron chi connectivity index (χ3n) is 2.37. The summed E-state index contributed by atoms with van der Waals surface area (Å²) < 4.78 is 37.0. The number of alkyl halides is 3. The second kappa shape index (κ2) is 4.21. The molecule has 0 N–H and O–H groups in total. The maximum atomic E-state index is 12.3. The molecule has 0 aliphatic heterocycles. The fraction of sp³-hybridized carbons (Fsp3) is 0.385. The Morgan fingerprint density at radius 2 is 1.38 bits per heavy atom. The maximum absolute atomic E-state index is 12.3. The van der Waals surface area contributed by atoms with Gasteiger partial charge in [0.05, 0.1) is 11.0 Å². The first-order chi connectivity index (χ1) is 7.27. The Kier molecular flexibility index (Phi) is 3.32. The lowest BCUT2D eigenvalue weighted by Gasteiger charge is -2.18. The lowest BCUT2D eigenvalue weighted by Crippen LogP contribution is -2.14. The molecule has 0 aliphatic rings. The molecular formula is C13H13F3. The zero-order chi connectivity index (χ0) is 12.4. The van der Waals surface area contributed by atoms with Crippen LogP contribution in [0.5, 0.6) is 0 Å². The first-order valence-corrected chi connectivity index (χ1v) is 4.89. The van der Waals surface area contributed by atoms with Gasteiger partial charge in [0.2, 0.25) is 0 Å². The molecule has 0 saturated heterocycles. The molecule has 16 heavy (non-hydrogen) atoms. The average Bonchev–Trinajstić information content (AvgIpc) is 2.16. The van der Waals surface area contributed by atoms with Gasteiger partial charge in [0.15, 0.2) is 0 Å². The molecule has 0 saturated carbocycles. The molecule has 0 amide bonds. The van der Waals surface area contributed by atoms with Crippen LogP contribution in [0.3, 0.4) is 0 Å². The molecule has 0 bridgehead atoms. The minimum Gasteiger partial charge on any atom is -0.166 e. The van der Waals surface area contributed by atoms with Crippen LogP contribution in [0.15, 0.2) is 24.3 Å². The summed E-state index contributed by atoms with van der Waals surface area (Å²) in [6.45, 7) is 5.48. The molecule has 0 heterocycles. The Hall–Kier alpha value is -1.43. The molecule has 0 aromatic heterocycles. The van der Waals surface area contributed by atoms with E-state index >= 15 is 0 Å². The van der Waals surface area contributed by atoms with Gasteiger partial charge >= 0.3 is 6.18 Å². The van der Waals surface area contributed by atoms with Crippen molar-refractivity contribution in [1.29, 1.82) is 0 Å². The summed E-state index contributed by atoms with van der Waals surface area (Å²) in [6.07, 6.45) is -4.28. The summed E-state index contributed by atoms with van der Waals surface area (Å²) in [5.41, 5.74) is -0.259. The smallest absolute Gasteiger partial charge is 0.166 e. The summed E-state index contributed by atoms with van der Waals surface area (Å²) in [5.74, 6) is 5.74. The zero-order valence-corrected chi connectivity index (χ0v) is 9.44. The van der Waals surface area contributed by atoms with E-state index in [2.05, 4.69) is 11.8 Å². The van der Waals surface area contributed by atoms with Gasteiger partial charge in [0.25, 0.3) is 0 Å². The topological polar surface area (TPSA) is 0 Å². The molecule has 1 rings (SSSR count). The fourth-order valence-corrected chi connectivity index (χ4v) is 1.46. The second-order valence-corrected chi connectivity index (χ2v) is 4.08. The van der Waals surface area contributed by atoms with Gasteiger partial charge in [-0.15, -0.1) is 5.92 Å². The van der Waals surface area contributed by atoms with Crippen molar-refractivity contribution in [3.05, 3.63) is 35.4 Å². The number of hydrogen-bond acceptors (Lipinski definition) is 0. The Balaban J connectivity index is 3.07. The molecule has 0 atom stereocenters. The number of hydrogen-bond donors (Lipinski definition) is 0. The quantitative estimate of drug-likeness (QED) is 0.635. The van der Waals surface area contributed by atoms with Gasteiger partial charge in [0.1, 0.15) is 0 Å². The Labute approximate surface area is 93.5 Å². The van der Waals surface area contributed by atoms with Gasteiger partial charge < -0.3 is 0 Å². The van der Waals surface area contributed by atoms with Crippen LogP contribution in [-0.2, 0) is 11.6 Å². The predicted octanol–water partition coefficient (Wildman–Crippen LogP) is 4.01. The van der Waals surface area contributed by atoms with Crippen molar-refractivity contribution in [2.75, 3.05) is 0 Å². The summed E-state index contributed by atoms with van der Waals surface area (Å²) in [6, 6.07) is 5.14. The van der Waals surface area contributed by atoms with Gasteiger partial charge in [-0.25, -0.2) is 0 Å². The van der Waals surface area contributed by atoms with Crippen molar-refractivity contribution in [2.24, 2.45) is 0 Å². The highest BCUT2D eigenvalue weighted by Gasteiger charge is 2.30. The summed E-state index contributed by atoms with van der Waals surface area (Å²) in [7, 11) is 0. The SMILES string of the molecule is CC#CC(C)(C)c1ccc(C(F)(F)F)cc1. The molecule has 1 aromatic rings. The lowest BCUT2D eigenvalue weighted by atomic mass is 9.85. The summed E-state index contributed by atoms with van der Waals surface area (Å²) >= 11 is 0. The first-order valence-electron chi connectivity index (χ1n) is 4.89. The number of halogens is 3. The molecule has 0 fully saturated rings. The van der Waals surface area contributed by atoms with Crippen LogP contribution in [0.25, 0.3) is 0 Å². The number of rotatable bonds is 1. The summed E-state index contributed by atoms with van der Waals surface area (Å²) in [5, 5.41) is 0. The predicted molar refractivity (Wildman–Crippen MR) is 57.9 cm³/mol. The van der Waals surface area contributed by atoms with Crippen LogP contribution in [0.4, 0.5) is 13.2 Å². The van der Waals surface area contributed by atoms with E-state index in [0.29, 0.717) is 0 Å². The minimum atomic E-state index is -4.28. The highest BCUT2D eigenvalue weighted by atomic mass is 19.4. The third kappa shape index (κ3) is 2.79. The highest BCUT2D eigenvalue weighted by molar-refractivity contribution is 5.35. The standard InChI is InChI=1S/C13H13F3/c1-4-9-12(2,3)10-5-7-11(8-6-10)13(14,15)16/h5-8H,1-3H3. The van der Waals surface area contributed by atoms with Crippen LogP contribution in [0.1, 0.15) is 31.9 Å². The van der Waals surface area contributed by atoms with Crippen molar-refractivity contribution in [3.63, 3.8) is 0 Å². The lowest BCUT2D eigenvalue weighted by molar-refractivity contribution is -0.137. The fourth-order valence-electron chi connectivity index (χ4n) is 1.46. The highest BCUT2D eigenvalue weighted by Crippen LogP contribution is 2.31. The largest absolute Gasteiger partial charge is 0.416 e. The molecule has 0 nitrogen and oxygen atoms in total. The van der Waals surface area contributed by atoms with Crippen molar-refractivity contribution in [2.45, 2.75) is 32.4 Å². The number of benzene rings is 1. The van der Waals surface area contributed by atoms with Crippen LogP contribution in [-0.4, -0.2) is 0 Å². The van der Waals surface area contributed by atoms with Crippen LogP contribution in [0, 0.1) is 11.8 Å². The van der Waals surface area contributed by atoms with E-state index in [-0.39, 0.29) is 0 Å². The van der Waals surface area contributed by atoms with Gasteiger partial charge in [0, 0.05) is 0 Å². The zero-order valence-electron chi connectivity index (χ0n) is 9.44. The molecule has 0 radical (unpaired) electrons. The van der Waals surface area contributed by atoms with E-state index in [4.69, 9.17) is 0 Å². The molecule has 0 spiro atoms. The van der Waals surface area contributed by atoms with E-state index in [1.54, 1.807) is 6.92 Å². The van der Waals surface area contributed by atoms with E-state index < -0.39 is 17.2 Å². The average molecular weight is 226 g/mol. The first kappa shape index (κ1) is 12.6.